The third kappa shape index (κ3) is 4.02. The molecule has 94 valence electrons. The Kier molecular flexibility index (Phi) is 4.89. The maximum absolute atomic E-state index is 5.96. The average Bonchev–Trinajstić information content (AvgIpc) is 2.33. The summed E-state index contributed by atoms with van der Waals surface area (Å²) in [5.74, 6) is 0.465. The predicted molar refractivity (Wildman–Crippen MR) is 70.0 cm³/mol. The van der Waals surface area contributed by atoms with Crippen LogP contribution in [0.5, 0.6) is 5.88 Å². The summed E-state index contributed by atoms with van der Waals surface area (Å²) in [6.07, 6.45) is 6.34. The van der Waals surface area contributed by atoms with Crippen molar-refractivity contribution in [2.75, 3.05) is 13.2 Å². The van der Waals surface area contributed by atoms with Gasteiger partial charge in [0.1, 0.15) is 5.02 Å². The van der Waals surface area contributed by atoms with Crippen LogP contribution in [-0.4, -0.2) is 24.2 Å². The van der Waals surface area contributed by atoms with Crippen LogP contribution in [0.25, 0.3) is 0 Å². The number of aromatic nitrogens is 1. The number of hydrogen-bond acceptors (Lipinski definition) is 3. The molecule has 0 bridgehead atoms. The third-order valence-corrected chi connectivity index (χ3v) is 3.37. The van der Waals surface area contributed by atoms with Gasteiger partial charge in [0.25, 0.3) is 0 Å². The average molecular weight is 275 g/mol. The van der Waals surface area contributed by atoms with E-state index >= 15 is 0 Å². The molecule has 1 fully saturated rings. The molecule has 0 spiro atoms. The van der Waals surface area contributed by atoms with Crippen molar-refractivity contribution in [3.05, 3.63) is 22.3 Å². The van der Waals surface area contributed by atoms with Crippen LogP contribution in [0.2, 0.25) is 10.0 Å². The molecule has 0 amide bonds. The summed E-state index contributed by atoms with van der Waals surface area (Å²) in [7, 11) is 0. The molecule has 17 heavy (non-hydrogen) atoms. The molecule has 3 nitrogen and oxygen atoms in total. The molecule has 1 atom stereocenters. The molecule has 1 aliphatic rings. The van der Waals surface area contributed by atoms with Gasteiger partial charge in [-0.1, -0.05) is 29.6 Å². The third-order valence-electron chi connectivity index (χ3n) is 2.89. The zero-order valence-corrected chi connectivity index (χ0v) is 11.1. The Hall–Kier alpha value is -0.510. The Morgan fingerprint density at radius 2 is 2.29 bits per heavy atom. The second-order valence-electron chi connectivity index (χ2n) is 4.22. The first kappa shape index (κ1) is 12.9. The number of nitrogens with one attached hydrogen (secondary N) is 1. The van der Waals surface area contributed by atoms with Crippen LogP contribution in [0.15, 0.2) is 12.3 Å². The largest absolute Gasteiger partial charge is 0.477 e. The molecule has 0 radical (unpaired) electrons. The van der Waals surface area contributed by atoms with Gasteiger partial charge in [-0.2, -0.15) is 0 Å². The van der Waals surface area contributed by atoms with Crippen LogP contribution in [0.3, 0.4) is 0 Å². The number of ether oxygens (including phenoxy) is 1. The maximum Gasteiger partial charge on any atom is 0.232 e. The highest BCUT2D eigenvalue weighted by Gasteiger charge is 2.12. The van der Waals surface area contributed by atoms with E-state index in [0.717, 1.165) is 13.0 Å². The zero-order valence-electron chi connectivity index (χ0n) is 9.59. The number of rotatable bonds is 4. The van der Waals surface area contributed by atoms with Crippen LogP contribution in [0.1, 0.15) is 25.7 Å². The number of piperidine rings is 1. The Morgan fingerprint density at radius 1 is 1.41 bits per heavy atom. The van der Waals surface area contributed by atoms with Gasteiger partial charge in [-0.3, -0.25) is 0 Å². The molecular formula is C12H16Cl2N2O. The lowest BCUT2D eigenvalue weighted by Gasteiger charge is -2.23. The fourth-order valence-electron chi connectivity index (χ4n) is 1.98. The van der Waals surface area contributed by atoms with Crippen LogP contribution < -0.4 is 10.1 Å². The zero-order chi connectivity index (χ0) is 12.1. The summed E-state index contributed by atoms with van der Waals surface area (Å²) >= 11 is 11.7. The molecule has 2 rings (SSSR count). The van der Waals surface area contributed by atoms with Gasteiger partial charge >= 0.3 is 0 Å². The standard InChI is InChI=1S/C12H16Cl2N2O/c13-9-7-11(14)12(16-8-9)17-6-4-10-3-1-2-5-15-10/h7-8,10,15H,1-6H2. The van der Waals surface area contributed by atoms with Crippen LogP contribution in [0, 0.1) is 0 Å². The van der Waals surface area contributed by atoms with E-state index in [1.807, 2.05) is 0 Å². The fourth-order valence-corrected chi connectivity index (χ4v) is 2.41. The summed E-state index contributed by atoms with van der Waals surface area (Å²) in [5.41, 5.74) is 0. The molecule has 1 N–H and O–H groups in total. The van der Waals surface area contributed by atoms with Crippen molar-refractivity contribution >= 4 is 23.2 Å². The quantitative estimate of drug-likeness (QED) is 0.915. The smallest absolute Gasteiger partial charge is 0.232 e. The molecule has 0 saturated carbocycles. The fraction of sp³-hybridized carbons (Fsp3) is 0.583. The highest BCUT2D eigenvalue weighted by molar-refractivity contribution is 6.35. The highest BCUT2D eigenvalue weighted by atomic mass is 35.5. The van der Waals surface area contributed by atoms with Gasteiger partial charge in [0.15, 0.2) is 0 Å². The molecule has 0 aromatic carbocycles. The molecule has 1 unspecified atom stereocenters. The van der Waals surface area contributed by atoms with Crippen molar-refractivity contribution in [3.8, 4) is 5.88 Å². The summed E-state index contributed by atoms with van der Waals surface area (Å²) in [5, 5.41) is 4.47. The van der Waals surface area contributed by atoms with E-state index in [1.54, 1.807) is 12.3 Å². The predicted octanol–water partition coefficient (Wildman–Crippen LogP) is 3.30. The van der Waals surface area contributed by atoms with E-state index in [1.165, 1.54) is 19.3 Å². The minimum Gasteiger partial charge on any atom is -0.477 e. The lowest BCUT2D eigenvalue weighted by molar-refractivity contribution is 0.261. The summed E-state index contributed by atoms with van der Waals surface area (Å²) in [4.78, 5) is 4.05. The van der Waals surface area contributed by atoms with Gasteiger partial charge in [0, 0.05) is 12.2 Å². The first-order valence-corrected chi connectivity index (χ1v) is 6.68. The molecule has 1 aromatic rings. The van der Waals surface area contributed by atoms with Crippen molar-refractivity contribution in [2.24, 2.45) is 0 Å². The van der Waals surface area contributed by atoms with E-state index in [9.17, 15) is 0 Å². The highest BCUT2D eigenvalue weighted by Crippen LogP contribution is 2.24. The maximum atomic E-state index is 5.96. The summed E-state index contributed by atoms with van der Waals surface area (Å²) in [6, 6.07) is 2.21. The normalized spacial score (nSPS) is 20.2. The van der Waals surface area contributed by atoms with Crippen LogP contribution in [0.4, 0.5) is 0 Å². The molecule has 1 aromatic heterocycles. The second-order valence-corrected chi connectivity index (χ2v) is 5.07. The van der Waals surface area contributed by atoms with E-state index < -0.39 is 0 Å². The number of halogens is 2. The molecule has 1 saturated heterocycles. The number of pyridine rings is 1. The van der Waals surface area contributed by atoms with Gasteiger partial charge in [-0.25, -0.2) is 4.98 Å². The lowest BCUT2D eigenvalue weighted by atomic mass is 10.0. The first-order chi connectivity index (χ1) is 8.25. The Labute approximate surface area is 111 Å². The molecule has 0 aliphatic carbocycles. The number of hydrogen-bond donors (Lipinski definition) is 1. The van der Waals surface area contributed by atoms with Gasteiger partial charge < -0.3 is 10.1 Å². The van der Waals surface area contributed by atoms with E-state index in [0.29, 0.717) is 28.6 Å². The summed E-state index contributed by atoms with van der Waals surface area (Å²) < 4.78 is 5.55. The Morgan fingerprint density at radius 3 is 3.00 bits per heavy atom. The molecular weight excluding hydrogens is 259 g/mol. The minimum atomic E-state index is 0.465. The van der Waals surface area contributed by atoms with Crippen molar-refractivity contribution < 1.29 is 4.74 Å². The number of nitrogens with zero attached hydrogens (tertiary/aromatic N) is 1. The van der Waals surface area contributed by atoms with Gasteiger partial charge in [-0.15, -0.1) is 0 Å². The molecule has 1 aliphatic heterocycles. The first-order valence-electron chi connectivity index (χ1n) is 5.93. The van der Waals surface area contributed by atoms with Crippen molar-refractivity contribution in [3.63, 3.8) is 0 Å². The minimum absolute atomic E-state index is 0.465. The monoisotopic (exact) mass is 274 g/mol. The van der Waals surface area contributed by atoms with Gasteiger partial charge in [-0.05, 0) is 31.9 Å². The molecule has 2 heterocycles. The Balaban J connectivity index is 1.77. The SMILES string of the molecule is Clc1cnc(OCCC2CCCCN2)c(Cl)c1. The van der Waals surface area contributed by atoms with Crippen molar-refractivity contribution in [2.45, 2.75) is 31.7 Å². The topological polar surface area (TPSA) is 34.1 Å². The Bertz CT molecular complexity index is 368. The molecule has 5 heteroatoms. The lowest BCUT2D eigenvalue weighted by Crippen LogP contribution is -2.35. The van der Waals surface area contributed by atoms with Gasteiger partial charge in [0.05, 0.1) is 11.6 Å². The van der Waals surface area contributed by atoms with E-state index in [4.69, 9.17) is 27.9 Å². The second kappa shape index (κ2) is 6.43. The van der Waals surface area contributed by atoms with Gasteiger partial charge in [0.2, 0.25) is 5.88 Å². The van der Waals surface area contributed by atoms with E-state index in [2.05, 4.69) is 10.3 Å². The van der Waals surface area contributed by atoms with Crippen LogP contribution >= 0.6 is 23.2 Å². The van der Waals surface area contributed by atoms with Crippen molar-refractivity contribution in [1.82, 2.24) is 10.3 Å². The summed E-state index contributed by atoms with van der Waals surface area (Å²) in [6.45, 7) is 1.75. The van der Waals surface area contributed by atoms with Crippen LogP contribution in [-0.2, 0) is 0 Å². The van der Waals surface area contributed by atoms with E-state index in [-0.39, 0.29) is 0 Å². The van der Waals surface area contributed by atoms with Crippen molar-refractivity contribution in [1.29, 1.82) is 0 Å².